The largest absolute Gasteiger partial charge is 0.494 e. The fourth-order valence-corrected chi connectivity index (χ4v) is 1.89. The highest BCUT2D eigenvalue weighted by molar-refractivity contribution is 6.14. The minimum Gasteiger partial charge on any atom is -0.494 e. The maximum Gasteiger partial charge on any atom is 0.220 e. The zero-order valence-corrected chi connectivity index (χ0v) is 12.6. The Morgan fingerprint density at radius 2 is 1.81 bits per heavy atom. The van der Waals surface area contributed by atoms with Crippen molar-refractivity contribution in [3.05, 3.63) is 23.8 Å². The molecule has 0 fully saturated rings. The lowest BCUT2D eigenvalue weighted by Crippen LogP contribution is -2.26. The van der Waals surface area contributed by atoms with Gasteiger partial charge in [0.05, 0.1) is 18.8 Å². The zero-order valence-electron chi connectivity index (χ0n) is 12.6. The molecule has 0 N–H and O–H groups in total. The Hall–Kier alpha value is -1.91. The second kappa shape index (κ2) is 8.39. The van der Waals surface area contributed by atoms with E-state index >= 15 is 0 Å². The number of halogens is 1. The highest BCUT2D eigenvalue weighted by Gasteiger charge is 2.28. The fraction of sp³-hybridized carbons (Fsp3) is 0.500. The standard InChI is InChI=1S/C16H21FO4/c1-4-7-13(18)15(17)16(19)12-9-8-11(20-5-2)10-14(12)21-6-3/h8-10,15H,4-7H2,1-3H3. The van der Waals surface area contributed by atoms with E-state index in [0.717, 1.165) is 0 Å². The number of carbonyl (C=O) groups is 2. The summed E-state index contributed by atoms with van der Waals surface area (Å²) in [6, 6.07) is 4.54. The first-order chi connectivity index (χ1) is 10.0. The quantitative estimate of drug-likeness (QED) is 0.518. The molecule has 1 aromatic carbocycles. The van der Waals surface area contributed by atoms with Crippen LogP contribution in [0.25, 0.3) is 0 Å². The average Bonchev–Trinajstić information content (AvgIpc) is 2.47. The van der Waals surface area contributed by atoms with Crippen LogP contribution in [-0.4, -0.2) is 31.0 Å². The second-order valence-corrected chi connectivity index (χ2v) is 4.47. The summed E-state index contributed by atoms with van der Waals surface area (Å²) in [5.41, 5.74) is 0.0669. The Kier molecular flexibility index (Phi) is 6.85. The molecule has 0 aliphatic rings. The zero-order chi connectivity index (χ0) is 15.8. The highest BCUT2D eigenvalue weighted by Crippen LogP contribution is 2.27. The van der Waals surface area contributed by atoms with Crippen molar-refractivity contribution in [2.24, 2.45) is 0 Å². The predicted molar refractivity (Wildman–Crippen MR) is 77.9 cm³/mol. The molecular weight excluding hydrogens is 275 g/mol. The first kappa shape index (κ1) is 17.1. The van der Waals surface area contributed by atoms with E-state index in [1.165, 1.54) is 12.1 Å². The summed E-state index contributed by atoms with van der Waals surface area (Å²) in [5, 5.41) is 0. The summed E-state index contributed by atoms with van der Waals surface area (Å²) in [6.07, 6.45) is -1.58. The van der Waals surface area contributed by atoms with E-state index in [2.05, 4.69) is 0 Å². The second-order valence-electron chi connectivity index (χ2n) is 4.47. The van der Waals surface area contributed by atoms with Gasteiger partial charge in [-0.05, 0) is 32.4 Å². The molecule has 0 aliphatic heterocycles. The molecule has 0 aromatic heterocycles. The Balaban J connectivity index is 3.04. The number of carbonyl (C=O) groups excluding carboxylic acids is 2. The van der Waals surface area contributed by atoms with Crippen LogP contribution >= 0.6 is 0 Å². The van der Waals surface area contributed by atoms with Crippen LogP contribution in [0, 0.1) is 0 Å². The lowest BCUT2D eigenvalue weighted by atomic mass is 10.0. The number of hydrogen-bond donors (Lipinski definition) is 0. The number of ketones is 2. The molecule has 0 spiro atoms. The fourth-order valence-electron chi connectivity index (χ4n) is 1.89. The molecule has 4 nitrogen and oxygen atoms in total. The lowest BCUT2D eigenvalue weighted by molar-refractivity contribution is -0.122. The predicted octanol–water partition coefficient (Wildman–Crippen LogP) is 3.37. The third-order valence-electron chi connectivity index (χ3n) is 2.84. The molecule has 0 aliphatic carbocycles. The summed E-state index contributed by atoms with van der Waals surface area (Å²) in [7, 11) is 0. The Morgan fingerprint density at radius 3 is 2.38 bits per heavy atom. The molecule has 116 valence electrons. The smallest absolute Gasteiger partial charge is 0.220 e. The van der Waals surface area contributed by atoms with Crippen LogP contribution in [-0.2, 0) is 4.79 Å². The minimum absolute atomic E-state index is 0.0495. The van der Waals surface area contributed by atoms with Crippen molar-refractivity contribution in [2.75, 3.05) is 13.2 Å². The normalized spacial score (nSPS) is 11.8. The Labute approximate surface area is 124 Å². The third-order valence-corrected chi connectivity index (χ3v) is 2.84. The first-order valence-corrected chi connectivity index (χ1v) is 7.15. The number of rotatable bonds is 9. The molecule has 1 atom stereocenters. The summed E-state index contributed by atoms with van der Waals surface area (Å²) in [5.74, 6) is -0.785. The van der Waals surface area contributed by atoms with Gasteiger partial charge in [0.2, 0.25) is 12.0 Å². The summed E-state index contributed by atoms with van der Waals surface area (Å²) < 4.78 is 24.6. The Morgan fingerprint density at radius 1 is 1.14 bits per heavy atom. The van der Waals surface area contributed by atoms with Gasteiger partial charge in [-0.3, -0.25) is 9.59 Å². The molecule has 0 heterocycles. The summed E-state index contributed by atoms with van der Waals surface area (Å²) in [6.45, 7) is 6.16. The van der Waals surface area contributed by atoms with Gasteiger partial charge < -0.3 is 9.47 Å². The van der Waals surface area contributed by atoms with Gasteiger partial charge in [-0.25, -0.2) is 4.39 Å². The molecule has 0 saturated heterocycles. The van der Waals surface area contributed by atoms with Gasteiger partial charge in [0.1, 0.15) is 11.5 Å². The molecule has 0 radical (unpaired) electrons. The molecule has 21 heavy (non-hydrogen) atoms. The molecule has 5 heteroatoms. The van der Waals surface area contributed by atoms with Crippen LogP contribution in [0.2, 0.25) is 0 Å². The maximum absolute atomic E-state index is 13.9. The van der Waals surface area contributed by atoms with Gasteiger partial charge in [-0.15, -0.1) is 0 Å². The van der Waals surface area contributed by atoms with Crippen LogP contribution in [0.15, 0.2) is 18.2 Å². The lowest BCUT2D eigenvalue weighted by Gasteiger charge is -2.13. The van der Waals surface area contributed by atoms with Crippen molar-refractivity contribution in [3.8, 4) is 11.5 Å². The van der Waals surface area contributed by atoms with E-state index in [1.807, 2.05) is 6.92 Å². The number of hydrogen-bond acceptors (Lipinski definition) is 4. The van der Waals surface area contributed by atoms with Crippen molar-refractivity contribution in [3.63, 3.8) is 0 Å². The van der Waals surface area contributed by atoms with Gasteiger partial charge in [-0.1, -0.05) is 6.92 Å². The summed E-state index contributed by atoms with van der Waals surface area (Å²) >= 11 is 0. The van der Waals surface area contributed by atoms with E-state index in [0.29, 0.717) is 25.4 Å². The van der Waals surface area contributed by atoms with E-state index < -0.39 is 17.7 Å². The molecule has 0 amide bonds. The van der Waals surface area contributed by atoms with Gasteiger partial charge in [0, 0.05) is 12.5 Å². The number of alkyl halides is 1. The number of ether oxygens (including phenoxy) is 2. The molecular formula is C16H21FO4. The SMILES string of the molecule is CCCC(=O)C(F)C(=O)c1ccc(OCC)cc1OCC. The van der Waals surface area contributed by atoms with Crippen molar-refractivity contribution >= 4 is 11.6 Å². The van der Waals surface area contributed by atoms with Crippen LogP contribution in [0.4, 0.5) is 4.39 Å². The number of Topliss-reactive ketones (excluding diaryl/α,β-unsaturated/α-hetero) is 2. The average molecular weight is 296 g/mol. The topological polar surface area (TPSA) is 52.6 Å². The van der Waals surface area contributed by atoms with E-state index in [9.17, 15) is 14.0 Å². The van der Waals surface area contributed by atoms with Crippen molar-refractivity contribution in [2.45, 2.75) is 39.8 Å². The van der Waals surface area contributed by atoms with Crippen LogP contribution < -0.4 is 9.47 Å². The van der Waals surface area contributed by atoms with Crippen LogP contribution in [0.3, 0.4) is 0 Å². The Bertz CT molecular complexity index is 499. The molecule has 1 rings (SSSR count). The number of benzene rings is 1. The van der Waals surface area contributed by atoms with Gasteiger partial charge in [-0.2, -0.15) is 0 Å². The van der Waals surface area contributed by atoms with Crippen molar-refractivity contribution < 1.29 is 23.5 Å². The van der Waals surface area contributed by atoms with E-state index in [4.69, 9.17) is 9.47 Å². The van der Waals surface area contributed by atoms with Crippen LogP contribution in [0.1, 0.15) is 44.0 Å². The molecule has 0 saturated carbocycles. The highest BCUT2D eigenvalue weighted by atomic mass is 19.1. The third kappa shape index (κ3) is 4.55. The van der Waals surface area contributed by atoms with E-state index in [-0.39, 0.29) is 17.7 Å². The molecule has 1 unspecified atom stereocenters. The first-order valence-electron chi connectivity index (χ1n) is 7.15. The minimum atomic E-state index is -2.14. The van der Waals surface area contributed by atoms with Gasteiger partial charge >= 0.3 is 0 Å². The van der Waals surface area contributed by atoms with Crippen molar-refractivity contribution in [1.82, 2.24) is 0 Å². The van der Waals surface area contributed by atoms with Crippen molar-refractivity contribution in [1.29, 1.82) is 0 Å². The van der Waals surface area contributed by atoms with Gasteiger partial charge in [0.25, 0.3) is 0 Å². The summed E-state index contributed by atoms with van der Waals surface area (Å²) in [4.78, 5) is 23.6. The van der Waals surface area contributed by atoms with Gasteiger partial charge in [0.15, 0.2) is 5.78 Å². The monoisotopic (exact) mass is 296 g/mol. The molecule has 0 bridgehead atoms. The van der Waals surface area contributed by atoms with Crippen LogP contribution in [0.5, 0.6) is 11.5 Å². The van der Waals surface area contributed by atoms with E-state index in [1.54, 1.807) is 19.9 Å². The molecule has 1 aromatic rings. The maximum atomic E-state index is 13.9.